The molecule has 0 spiro atoms. The normalized spacial score (nSPS) is 23.9. The summed E-state index contributed by atoms with van der Waals surface area (Å²) in [5, 5.41) is 3.45. The summed E-state index contributed by atoms with van der Waals surface area (Å²) in [5.74, 6) is 0.284. The molecule has 4 heteroatoms. The van der Waals surface area contributed by atoms with Crippen LogP contribution in [-0.2, 0) is 9.53 Å². The Morgan fingerprint density at radius 3 is 2.67 bits per heavy atom. The summed E-state index contributed by atoms with van der Waals surface area (Å²) in [6, 6.07) is 0.0435. The highest BCUT2D eigenvalue weighted by Crippen LogP contribution is 2.17. The molecule has 106 valence electrons. The molecule has 18 heavy (non-hydrogen) atoms. The van der Waals surface area contributed by atoms with Crippen LogP contribution in [-0.4, -0.2) is 42.8 Å². The van der Waals surface area contributed by atoms with Crippen molar-refractivity contribution in [3.05, 3.63) is 0 Å². The average Bonchev–Trinajstić information content (AvgIpc) is 2.69. The van der Waals surface area contributed by atoms with E-state index in [1.54, 1.807) is 0 Å². The summed E-state index contributed by atoms with van der Waals surface area (Å²) in [5.41, 5.74) is 0. The maximum absolute atomic E-state index is 12.3. The monoisotopic (exact) mass is 256 g/mol. The van der Waals surface area contributed by atoms with Crippen LogP contribution in [0.2, 0.25) is 0 Å². The van der Waals surface area contributed by atoms with Crippen LogP contribution >= 0.6 is 0 Å². The van der Waals surface area contributed by atoms with Gasteiger partial charge in [-0.15, -0.1) is 0 Å². The first-order chi connectivity index (χ1) is 8.74. The minimum atomic E-state index is 0.0435. The van der Waals surface area contributed by atoms with Crippen LogP contribution in [0.25, 0.3) is 0 Å². The lowest BCUT2D eigenvalue weighted by molar-refractivity contribution is -0.130. The largest absolute Gasteiger partial charge is 0.382 e. The summed E-state index contributed by atoms with van der Waals surface area (Å²) >= 11 is 0. The van der Waals surface area contributed by atoms with Gasteiger partial charge in [-0.2, -0.15) is 0 Å². The Balaban J connectivity index is 2.41. The van der Waals surface area contributed by atoms with E-state index < -0.39 is 0 Å². The van der Waals surface area contributed by atoms with Crippen LogP contribution < -0.4 is 5.32 Å². The molecule has 1 aliphatic heterocycles. The minimum Gasteiger partial charge on any atom is -0.382 e. The Labute approximate surface area is 111 Å². The molecule has 1 rings (SSSR count). The zero-order chi connectivity index (χ0) is 13.4. The number of carbonyl (C=O) groups excluding carboxylic acids is 1. The third kappa shape index (κ3) is 4.25. The van der Waals surface area contributed by atoms with Crippen LogP contribution in [0.1, 0.15) is 52.9 Å². The molecule has 1 aliphatic rings. The zero-order valence-electron chi connectivity index (χ0n) is 12.1. The number of ether oxygens (including phenoxy) is 1. The first-order valence-electron chi connectivity index (χ1n) is 7.38. The number of unbranched alkanes of at least 4 members (excludes halogenated alkanes) is 1. The maximum atomic E-state index is 12.3. The van der Waals surface area contributed by atoms with E-state index >= 15 is 0 Å². The van der Waals surface area contributed by atoms with Gasteiger partial charge in [-0.25, -0.2) is 0 Å². The van der Waals surface area contributed by atoms with Crippen LogP contribution in [0.5, 0.6) is 0 Å². The fraction of sp³-hybridized carbons (Fsp3) is 0.929. The summed E-state index contributed by atoms with van der Waals surface area (Å²) in [7, 11) is 0. The zero-order valence-corrected chi connectivity index (χ0v) is 12.1. The van der Waals surface area contributed by atoms with Crippen molar-refractivity contribution in [2.24, 2.45) is 0 Å². The maximum Gasteiger partial charge on any atom is 0.241 e. The Bertz CT molecular complexity index is 246. The predicted octanol–water partition coefficient (Wildman–Crippen LogP) is 2.14. The lowest BCUT2D eigenvalue weighted by Crippen LogP contribution is -2.37. The van der Waals surface area contributed by atoms with E-state index in [0.29, 0.717) is 0 Å². The van der Waals surface area contributed by atoms with Crippen molar-refractivity contribution in [2.45, 2.75) is 65.1 Å². The Hall–Kier alpha value is -0.610. The molecule has 1 amide bonds. The first-order valence-corrected chi connectivity index (χ1v) is 7.38. The third-order valence-electron chi connectivity index (χ3n) is 3.48. The molecule has 0 bridgehead atoms. The molecule has 0 saturated carbocycles. The van der Waals surface area contributed by atoms with E-state index in [1.807, 2.05) is 11.8 Å². The molecule has 0 aromatic heterocycles. The van der Waals surface area contributed by atoms with Gasteiger partial charge in [-0.05, 0) is 26.2 Å². The van der Waals surface area contributed by atoms with Gasteiger partial charge >= 0.3 is 0 Å². The van der Waals surface area contributed by atoms with E-state index in [4.69, 9.17) is 4.74 Å². The molecule has 0 aliphatic carbocycles. The molecule has 0 radical (unpaired) electrons. The quantitative estimate of drug-likeness (QED) is 0.643. The van der Waals surface area contributed by atoms with Gasteiger partial charge in [-0.1, -0.05) is 26.7 Å². The summed E-state index contributed by atoms with van der Waals surface area (Å²) in [4.78, 5) is 14.3. The smallest absolute Gasteiger partial charge is 0.241 e. The van der Waals surface area contributed by atoms with Gasteiger partial charge in [0.2, 0.25) is 5.91 Å². The van der Waals surface area contributed by atoms with Crippen molar-refractivity contribution in [1.29, 1.82) is 0 Å². The molecule has 1 heterocycles. The van der Waals surface area contributed by atoms with E-state index in [1.165, 1.54) is 0 Å². The van der Waals surface area contributed by atoms with Gasteiger partial charge in [0, 0.05) is 19.8 Å². The van der Waals surface area contributed by atoms with Crippen LogP contribution in [0.15, 0.2) is 0 Å². The molecular formula is C14H28N2O2. The van der Waals surface area contributed by atoms with Gasteiger partial charge in [-0.3, -0.25) is 10.1 Å². The lowest BCUT2D eigenvalue weighted by Gasteiger charge is -2.22. The van der Waals surface area contributed by atoms with Crippen LogP contribution in [0.3, 0.4) is 0 Å². The number of rotatable bonds is 9. The Morgan fingerprint density at radius 2 is 2.06 bits per heavy atom. The number of amides is 1. The van der Waals surface area contributed by atoms with E-state index in [9.17, 15) is 4.79 Å². The van der Waals surface area contributed by atoms with Crippen molar-refractivity contribution >= 4 is 5.91 Å². The van der Waals surface area contributed by atoms with Gasteiger partial charge in [0.15, 0.2) is 0 Å². The molecule has 1 fully saturated rings. The molecule has 2 atom stereocenters. The van der Waals surface area contributed by atoms with Crippen molar-refractivity contribution in [3.8, 4) is 0 Å². The van der Waals surface area contributed by atoms with Gasteiger partial charge in [0.1, 0.15) is 0 Å². The molecule has 0 aromatic carbocycles. The number of hydrogen-bond donors (Lipinski definition) is 1. The molecule has 0 aromatic rings. The molecule has 1 N–H and O–H groups in total. The van der Waals surface area contributed by atoms with Crippen molar-refractivity contribution in [1.82, 2.24) is 10.2 Å². The highest BCUT2D eigenvalue weighted by Gasteiger charge is 2.36. The van der Waals surface area contributed by atoms with Gasteiger partial charge in [0.05, 0.1) is 12.2 Å². The molecule has 1 saturated heterocycles. The second-order valence-corrected chi connectivity index (χ2v) is 4.87. The highest BCUT2D eigenvalue weighted by molar-refractivity contribution is 5.84. The SMILES string of the molecule is CCCCC1NC(CC)N(CCCOCC)C1=O. The topological polar surface area (TPSA) is 41.6 Å². The predicted molar refractivity (Wildman–Crippen MR) is 73.4 cm³/mol. The second-order valence-electron chi connectivity index (χ2n) is 4.87. The standard InChI is InChI=1S/C14H28N2O2/c1-4-7-9-12-14(17)16(13(5-2)15-12)10-8-11-18-6-3/h12-13,15H,4-11H2,1-3H3. The number of nitrogens with zero attached hydrogens (tertiary/aromatic N) is 1. The number of carbonyl (C=O) groups is 1. The third-order valence-corrected chi connectivity index (χ3v) is 3.48. The highest BCUT2D eigenvalue weighted by atomic mass is 16.5. The summed E-state index contributed by atoms with van der Waals surface area (Å²) in [6.45, 7) is 8.60. The molecule has 4 nitrogen and oxygen atoms in total. The average molecular weight is 256 g/mol. The van der Waals surface area contributed by atoms with E-state index in [0.717, 1.165) is 51.9 Å². The van der Waals surface area contributed by atoms with Crippen molar-refractivity contribution in [3.63, 3.8) is 0 Å². The summed E-state index contributed by atoms with van der Waals surface area (Å²) in [6.07, 6.45) is 5.36. The number of nitrogens with one attached hydrogen (secondary N) is 1. The summed E-state index contributed by atoms with van der Waals surface area (Å²) < 4.78 is 5.33. The minimum absolute atomic E-state index is 0.0435. The van der Waals surface area contributed by atoms with E-state index in [2.05, 4.69) is 19.2 Å². The first kappa shape index (κ1) is 15.4. The van der Waals surface area contributed by atoms with Gasteiger partial charge in [0.25, 0.3) is 0 Å². The fourth-order valence-corrected chi connectivity index (χ4v) is 2.45. The Morgan fingerprint density at radius 1 is 1.28 bits per heavy atom. The van der Waals surface area contributed by atoms with E-state index in [-0.39, 0.29) is 18.1 Å². The fourth-order valence-electron chi connectivity index (χ4n) is 2.45. The molecule has 2 unspecified atom stereocenters. The molecular weight excluding hydrogens is 228 g/mol. The lowest BCUT2D eigenvalue weighted by atomic mass is 10.1. The number of hydrogen-bond acceptors (Lipinski definition) is 3. The Kier molecular flexibility index (Phi) is 7.28. The van der Waals surface area contributed by atoms with Crippen LogP contribution in [0, 0.1) is 0 Å². The van der Waals surface area contributed by atoms with Crippen LogP contribution in [0.4, 0.5) is 0 Å². The second kappa shape index (κ2) is 8.48. The van der Waals surface area contributed by atoms with Crippen molar-refractivity contribution in [2.75, 3.05) is 19.8 Å². The van der Waals surface area contributed by atoms with Gasteiger partial charge < -0.3 is 9.64 Å². The van der Waals surface area contributed by atoms with Crippen molar-refractivity contribution < 1.29 is 9.53 Å².